The van der Waals surface area contributed by atoms with Gasteiger partial charge in [-0.25, -0.2) is 0 Å². The molecule has 0 N–H and O–H groups in total. The Labute approximate surface area is 139 Å². The fourth-order valence-corrected chi connectivity index (χ4v) is 4.44. The average molecular weight is 305 g/mol. The Balaban J connectivity index is 1.89. The fraction of sp³-hybridized carbons (Fsp3) is 0.0435. The van der Waals surface area contributed by atoms with Crippen LogP contribution < -0.4 is 0 Å². The molecule has 1 heteroatoms. The van der Waals surface area contributed by atoms with Crippen LogP contribution in [0, 0.1) is 0 Å². The summed E-state index contributed by atoms with van der Waals surface area (Å²) in [5, 5.41) is 4.10. The monoisotopic (exact) mass is 305 g/mol. The SMILES string of the molecule is c1ccc2c(c1)Cc1c-2ccc2c1c1ccccc1c1cccn12. The predicted molar refractivity (Wildman–Crippen MR) is 101 cm³/mol. The lowest BCUT2D eigenvalue weighted by atomic mass is 9.97. The van der Waals surface area contributed by atoms with E-state index in [0.717, 1.165) is 6.42 Å². The van der Waals surface area contributed by atoms with Gasteiger partial charge in [0.1, 0.15) is 0 Å². The number of fused-ring (bicyclic) bond motifs is 10. The van der Waals surface area contributed by atoms with Crippen LogP contribution in [0.1, 0.15) is 11.1 Å². The molecule has 0 unspecified atom stereocenters. The van der Waals surface area contributed by atoms with Gasteiger partial charge >= 0.3 is 0 Å². The first-order valence-electron chi connectivity index (χ1n) is 8.43. The first-order valence-corrected chi connectivity index (χ1v) is 8.43. The number of pyridine rings is 1. The fourth-order valence-electron chi connectivity index (χ4n) is 4.44. The number of rotatable bonds is 0. The van der Waals surface area contributed by atoms with Crippen molar-refractivity contribution in [1.29, 1.82) is 0 Å². The minimum absolute atomic E-state index is 1.03. The Morgan fingerprint density at radius 2 is 1.46 bits per heavy atom. The van der Waals surface area contributed by atoms with Crippen LogP contribution in [0.4, 0.5) is 0 Å². The molecule has 1 aliphatic carbocycles. The topological polar surface area (TPSA) is 4.41 Å². The van der Waals surface area contributed by atoms with Gasteiger partial charge in [-0.1, -0.05) is 54.6 Å². The van der Waals surface area contributed by atoms with Gasteiger partial charge in [-0.05, 0) is 52.3 Å². The Hall–Kier alpha value is -3.06. The van der Waals surface area contributed by atoms with Crippen molar-refractivity contribution in [3.8, 4) is 11.1 Å². The molecule has 2 aromatic heterocycles. The highest BCUT2D eigenvalue weighted by Crippen LogP contribution is 2.43. The molecule has 0 spiro atoms. The number of hydrogen-bond donors (Lipinski definition) is 0. The van der Waals surface area contributed by atoms with Gasteiger partial charge in [-0.3, -0.25) is 0 Å². The Morgan fingerprint density at radius 3 is 2.42 bits per heavy atom. The summed E-state index contributed by atoms with van der Waals surface area (Å²) in [4.78, 5) is 0. The summed E-state index contributed by atoms with van der Waals surface area (Å²) in [5.41, 5.74) is 8.30. The third kappa shape index (κ3) is 1.40. The third-order valence-electron chi connectivity index (χ3n) is 5.45. The second kappa shape index (κ2) is 4.27. The molecule has 2 heterocycles. The van der Waals surface area contributed by atoms with E-state index < -0.39 is 0 Å². The van der Waals surface area contributed by atoms with Gasteiger partial charge in [-0.15, -0.1) is 0 Å². The molecule has 0 fully saturated rings. The first-order chi connectivity index (χ1) is 11.9. The number of hydrogen-bond acceptors (Lipinski definition) is 0. The lowest BCUT2D eigenvalue weighted by molar-refractivity contribution is 1.26. The van der Waals surface area contributed by atoms with Crippen molar-refractivity contribution >= 4 is 27.2 Å². The minimum atomic E-state index is 1.03. The second-order valence-corrected chi connectivity index (χ2v) is 6.63. The zero-order chi connectivity index (χ0) is 15.7. The molecule has 6 rings (SSSR count). The van der Waals surface area contributed by atoms with Gasteiger partial charge in [0, 0.05) is 17.0 Å². The highest BCUT2D eigenvalue weighted by atomic mass is 14.9. The van der Waals surface area contributed by atoms with Gasteiger partial charge in [-0.2, -0.15) is 0 Å². The number of benzene rings is 3. The molecule has 0 saturated carbocycles. The van der Waals surface area contributed by atoms with E-state index in [-0.39, 0.29) is 0 Å². The lowest BCUT2D eigenvalue weighted by Crippen LogP contribution is -1.93. The van der Waals surface area contributed by atoms with E-state index >= 15 is 0 Å². The maximum atomic E-state index is 2.33. The van der Waals surface area contributed by atoms with Crippen LogP contribution in [-0.4, -0.2) is 4.40 Å². The smallest absolute Gasteiger partial charge is 0.0537 e. The molecule has 3 aromatic carbocycles. The summed E-state index contributed by atoms with van der Waals surface area (Å²) >= 11 is 0. The Bertz CT molecular complexity index is 1270. The van der Waals surface area contributed by atoms with Gasteiger partial charge < -0.3 is 4.40 Å². The van der Waals surface area contributed by atoms with Crippen LogP contribution >= 0.6 is 0 Å². The van der Waals surface area contributed by atoms with Crippen LogP contribution in [-0.2, 0) is 6.42 Å². The van der Waals surface area contributed by atoms with Crippen molar-refractivity contribution < 1.29 is 0 Å². The summed E-state index contributed by atoms with van der Waals surface area (Å²) in [7, 11) is 0. The molecule has 5 aromatic rings. The van der Waals surface area contributed by atoms with E-state index in [1.165, 1.54) is 49.4 Å². The van der Waals surface area contributed by atoms with Crippen molar-refractivity contribution in [3.05, 3.63) is 90.1 Å². The summed E-state index contributed by atoms with van der Waals surface area (Å²) in [6.07, 6.45) is 3.21. The molecular formula is C23H15N. The van der Waals surface area contributed by atoms with Gasteiger partial charge in [0.05, 0.1) is 11.0 Å². The van der Waals surface area contributed by atoms with Crippen LogP contribution in [0.2, 0.25) is 0 Å². The van der Waals surface area contributed by atoms with Crippen molar-refractivity contribution in [3.63, 3.8) is 0 Å². The highest BCUT2D eigenvalue weighted by Gasteiger charge is 2.22. The molecule has 24 heavy (non-hydrogen) atoms. The van der Waals surface area contributed by atoms with Crippen LogP contribution in [0.25, 0.3) is 38.3 Å². The lowest BCUT2D eigenvalue weighted by Gasteiger charge is -2.13. The minimum Gasteiger partial charge on any atom is -0.316 e. The maximum Gasteiger partial charge on any atom is 0.0537 e. The first kappa shape index (κ1) is 12.4. The van der Waals surface area contributed by atoms with Crippen LogP contribution in [0.5, 0.6) is 0 Å². The second-order valence-electron chi connectivity index (χ2n) is 6.63. The average Bonchev–Trinajstić information content (AvgIpc) is 3.26. The van der Waals surface area contributed by atoms with Crippen molar-refractivity contribution in [2.75, 3.05) is 0 Å². The van der Waals surface area contributed by atoms with E-state index in [0.29, 0.717) is 0 Å². The van der Waals surface area contributed by atoms with Gasteiger partial charge in [0.15, 0.2) is 0 Å². The van der Waals surface area contributed by atoms with E-state index in [1.54, 1.807) is 0 Å². The normalized spacial score (nSPS) is 12.8. The van der Waals surface area contributed by atoms with Crippen molar-refractivity contribution in [2.24, 2.45) is 0 Å². The number of aromatic nitrogens is 1. The molecular weight excluding hydrogens is 290 g/mol. The standard InChI is InChI=1S/C23H15N/c1-2-7-16-15(6-1)14-20-17(16)11-12-22-23(20)19-9-4-3-8-18(19)21-10-5-13-24(21)22/h1-13H,14H2. The third-order valence-corrected chi connectivity index (χ3v) is 5.45. The van der Waals surface area contributed by atoms with E-state index in [1.807, 2.05) is 0 Å². The molecule has 0 bridgehead atoms. The molecule has 0 radical (unpaired) electrons. The molecule has 0 saturated heterocycles. The molecule has 1 nitrogen and oxygen atoms in total. The summed E-state index contributed by atoms with van der Waals surface area (Å²) in [6, 6.07) is 26.6. The maximum absolute atomic E-state index is 2.33. The summed E-state index contributed by atoms with van der Waals surface area (Å²) in [5.74, 6) is 0. The van der Waals surface area contributed by atoms with Gasteiger partial charge in [0.25, 0.3) is 0 Å². The van der Waals surface area contributed by atoms with Crippen molar-refractivity contribution in [2.45, 2.75) is 6.42 Å². The quantitative estimate of drug-likeness (QED) is 0.312. The molecule has 0 amide bonds. The van der Waals surface area contributed by atoms with E-state index in [9.17, 15) is 0 Å². The highest BCUT2D eigenvalue weighted by molar-refractivity contribution is 6.15. The van der Waals surface area contributed by atoms with Gasteiger partial charge in [0.2, 0.25) is 0 Å². The molecule has 112 valence electrons. The number of nitrogens with zero attached hydrogens (tertiary/aromatic N) is 1. The predicted octanol–water partition coefficient (Wildman–Crippen LogP) is 5.82. The largest absolute Gasteiger partial charge is 0.316 e. The summed E-state index contributed by atoms with van der Waals surface area (Å²) < 4.78 is 2.33. The summed E-state index contributed by atoms with van der Waals surface area (Å²) in [6.45, 7) is 0. The molecule has 0 aliphatic heterocycles. The zero-order valence-corrected chi connectivity index (χ0v) is 13.2. The molecule has 0 atom stereocenters. The Morgan fingerprint density at radius 1 is 0.625 bits per heavy atom. The van der Waals surface area contributed by atoms with Crippen LogP contribution in [0.3, 0.4) is 0 Å². The molecule has 1 aliphatic rings. The van der Waals surface area contributed by atoms with E-state index in [2.05, 4.69) is 83.4 Å². The van der Waals surface area contributed by atoms with Crippen LogP contribution in [0.15, 0.2) is 79.0 Å². The Kier molecular flexibility index (Phi) is 2.20. The van der Waals surface area contributed by atoms with E-state index in [4.69, 9.17) is 0 Å². The zero-order valence-electron chi connectivity index (χ0n) is 13.2. The van der Waals surface area contributed by atoms with Crippen molar-refractivity contribution in [1.82, 2.24) is 4.40 Å².